The summed E-state index contributed by atoms with van der Waals surface area (Å²) in [5.74, 6) is 0.881. The molecule has 1 atom stereocenters. The number of ether oxygens (including phenoxy) is 3. The number of hydrogen-bond donors (Lipinski definition) is 0. The van der Waals surface area contributed by atoms with Gasteiger partial charge in [-0.1, -0.05) is 105 Å². The molecule has 36 heavy (non-hydrogen) atoms. The van der Waals surface area contributed by atoms with Crippen molar-refractivity contribution >= 4 is 22.8 Å². The average Bonchev–Trinajstić information content (AvgIpc) is 2.94. The van der Waals surface area contributed by atoms with Crippen molar-refractivity contribution in [1.29, 1.82) is 0 Å². The number of carbonyl (C=O) groups excluding carboxylic acids is 1. The van der Waals surface area contributed by atoms with Crippen molar-refractivity contribution in [1.82, 2.24) is 0 Å². The fourth-order valence-corrected chi connectivity index (χ4v) is 5.25. The maximum absolute atomic E-state index is 13.4. The summed E-state index contributed by atoms with van der Waals surface area (Å²) in [6.45, 7) is 2.15. The smallest absolute Gasteiger partial charge is 0.345 e. The summed E-state index contributed by atoms with van der Waals surface area (Å²) in [7, 11) is 0. The molecule has 2 aliphatic rings. The van der Waals surface area contributed by atoms with Gasteiger partial charge in [0.1, 0.15) is 17.1 Å². The molecular formula is C32H28O4. The number of fused-ring (bicyclic) bond motifs is 6. The highest BCUT2D eigenvalue weighted by atomic mass is 16.7. The molecule has 4 nitrogen and oxygen atoms in total. The Morgan fingerprint density at radius 1 is 0.750 bits per heavy atom. The first-order valence-electron chi connectivity index (χ1n) is 12.7. The maximum Gasteiger partial charge on any atom is 0.345 e. The summed E-state index contributed by atoms with van der Waals surface area (Å²) in [4.78, 5) is 13.4. The van der Waals surface area contributed by atoms with E-state index >= 15 is 0 Å². The van der Waals surface area contributed by atoms with Gasteiger partial charge in [0.2, 0.25) is 6.29 Å². The fourth-order valence-electron chi connectivity index (χ4n) is 5.25. The maximum atomic E-state index is 13.4. The zero-order valence-electron chi connectivity index (χ0n) is 20.3. The Morgan fingerprint density at radius 3 is 2.00 bits per heavy atom. The van der Waals surface area contributed by atoms with Crippen molar-refractivity contribution < 1.29 is 19.0 Å². The molecule has 0 aliphatic carbocycles. The molecule has 0 N–H and O–H groups in total. The van der Waals surface area contributed by atoms with Gasteiger partial charge in [-0.15, -0.1) is 0 Å². The summed E-state index contributed by atoms with van der Waals surface area (Å²) >= 11 is 0. The predicted octanol–water partition coefficient (Wildman–Crippen LogP) is 7.64. The van der Waals surface area contributed by atoms with Crippen LogP contribution in [-0.4, -0.2) is 12.3 Å². The second-order valence-corrected chi connectivity index (χ2v) is 9.34. The Morgan fingerprint density at radius 2 is 1.36 bits per heavy atom. The van der Waals surface area contributed by atoms with Crippen LogP contribution < -0.4 is 9.47 Å². The molecule has 1 unspecified atom stereocenters. The van der Waals surface area contributed by atoms with Crippen molar-refractivity contribution in [3.8, 4) is 11.5 Å². The minimum Gasteiger partial charge on any atom is -0.472 e. The van der Waals surface area contributed by atoms with E-state index in [1.807, 2.05) is 72.8 Å². The van der Waals surface area contributed by atoms with Gasteiger partial charge in [0, 0.05) is 33.9 Å². The summed E-state index contributed by atoms with van der Waals surface area (Å²) in [6.07, 6.45) is 7.27. The third kappa shape index (κ3) is 3.65. The number of rotatable bonds is 6. The summed E-state index contributed by atoms with van der Waals surface area (Å²) in [5.41, 5.74) is 2.31. The highest BCUT2D eigenvalue weighted by Gasteiger charge is 2.41. The van der Waals surface area contributed by atoms with E-state index in [2.05, 4.69) is 31.2 Å². The molecule has 0 radical (unpaired) electrons. The Hall–Kier alpha value is -4.05. The van der Waals surface area contributed by atoms with Crippen LogP contribution in [0.5, 0.6) is 11.5 Å². The van der Waals surface area contributed by atoms with E-state index in [4.69, 9.17) is 14.2 Å². The minimum atomic E-state index is -0.839. The largest absolute Gasteiger partial charge is 0.472 e. The monoisotopic (exact) mass is 476 g/mol. The Labute approximate surface area is 211 Å². The van der Waals surface area contributed by atoms with E-state index in [0.717, 1.165) is 41.2 Å². The molecule has 2 heterocycles. The average molecular weight is 477 g/mol. The highest BCUT2D eigenvalue weighted by Crippen LogP contribution is 2.50. The summed E-state index contributed by atoms with van der Waals surface area (Å²) in [5, 5.41) is 1.77. The van der Waals surface area contributed by atoms with Crippen LogP contribution in [0, 0.1) is 0 Å². The van der Waals surface area contributed by atoms with Gasteiger partial charge in [-0.3, -0.25) is 0 Å². The second kappa shape index (κ2) is 9.19. The SMILES string of the molecule is CCCCCC1OC(=O)c2c3c(c4ccccc4c2O1)OC(c1ccccc1)(c1ccccc1)C=C3. The van der Waals surface area contributed by atoms with E-state index in [1.165, 1.54) is 0 Å². The molecule has 2 aliphatic heterocycles. The zero-order valence-corrected chi connectivity index (χ0v) is 20.3. The molecule has 180 valence electrons. The zero-order chi connectivity index (χ0) is 24.5. The normalized spacial score (nSPS) is 17.5. The van der Waals surface area contributed by atoms with Gasteiger partial charge in [0.05, 0.1) is 0 Å². The van der Waals surface area contributed by atoms with Crippen molar-refractivity contribution in [2.75, 3.05) is 0 Å². The van der Waals surface area contributed by atoms with Gasteiger partial charge in [0.15, 0.2) is 5.60 Å². The van der Waals surface area contributed by atoms with Crippen LogP contribution in [0.2, 0.25) is 0 Å². The number of carbonyl (C=O) groups is 1. The molecule has 0 saturated carbocycles. The van der Waals surface area contributed by atoms with Crippen LogP contribution in [0.3, 0.4) is 0 Å². The lowest BCUT2D eigenvalue weighted by molar-refractivity contribution is -0.0639. The summed E-state index contributed by atoms with van der Waals surface area (Å²) in [6, 6.07) is 28.3. The lowest BCUT2D eigenvalue weighted by Crippen LogP contribution is -2.36. The van der Waals surface area contributed by atoms with Crippen molar-refractivity contribution in [2.45, 2.75) is 44.5 Å². The van der Waals surface area contributed by atoms with E-state index in [9.17, 15) is 4.79 Å². The van der Waals surface area contributed by atoms with Crippen LogP contribution in [0.4, 0.5) is 0 Å². The fraction of sp³-hybridized carbons (Fsp3) is 0.219. The Balaban J connectivity index is 1.54. The van der Waals surface area contributed by atoms with Gasteiger partial charge in [-0.2, -0.15) is 0 Å². The number of cyclic esters (lactones) is 1. The minimum absolute atomic E-state index is 0.361. The van der Waals surface area contributed by atoms with Crippen molar-refractivity contribution in [3.05, 3.63) is 113 Å². The lowest BCUT2D eigenvalue weighted by atomic mass is 9.82. The number of benzene rings is 4. The standard InChI is InChI=1S/C32H28O4/c1-2-3-6-19-27-34-30-25-18-12-11-17-24(25)29-26(28(30)31(33)35-27)20-21-32(36-29,22-13-7-4-8-14-22)23-15-9-5-10-16-23/h4-5,7-18,20-21,27H,2-3,6,19H2,1H3. The van der Waals surface area contributed by atoms with Crippen LogP contribution >= 0.6 is 0 Å². The third-order valence-electron chi connectivity index (χ3n) is 7.05. The van der Waals surface area contributed by atoms with Crippen LogP contribution in [0.25, 0.3) is 16.8 Å². The molecule has 4 heteroatoms. The van der Waals surface area contributed by atoms with Gasteiger partial charge in [-0.05, 0) is 18.6 Å². The van der Waals surface area contributed by atoms with Gasteiger partial charge in [-0.25, -0.2) is 4.79 Å². The molecule has 4 aromatic carbocycles. The molecule has 0 saturated heterocycles. The molecule has 0 amide bonds. The van der Waals surface area contributed by atoms with E-state index in [0.29, 0.717) is 29.0 Å². The van der Waals surface area contributed by atoms with Crippen LogP contribution in [0.15, 0.2) is 91.0 Å². The molecular weight excluding hydrogens is 448 g/mol. The molecule has 0 bridgehead atoms. The van der Waals surface area contributed by atoms with Gasteiger partial charge in [0.25, 0.3) is 0 Å². The number of esters is 1. The number of unbranched alkanes of at least 4 members (excludes halogenated alkanes) is 2. The van der Waals surface area contributed by atoms with Crippen LogP contribution in [-0.2, 0) is 10.3 Å². The van der Waals surface area contributed by atoms with Gasteiger partial charge < -0.3 is 14.2 Å². The lowest BCUT2D eigenvalue weighted by Gasteiger charge is -2.38. The highest BCUT2D eigenvalue weighted by molar-refractivity contribution is 6.09. The first-order valence-corrected chi connectivity index (χ1v) is 12.7. The van der Waals surface area contributed by atoms with E-state index in [-0.39, 0.29) is 5.97 Å². The molecule has 0 spiro atoms. The van der Waals surface area contributed by atoms with Gasteiger partial charge >= 0.3 is 5.97 Å². The third-order valence-corrected chi connectivity index (χ3v) is 7.05. The molecule has 0 aromatic heterocycles. The molecule has 4 aromatic rings. The van der Waals surface area contributed by atoms with Crippen LogP contribution in [0.1, 0.15) is 59.7 Å². The Bertz CT molecular complexity index is 1400. The van der Waals surface area contributed by atoms with Crippen molar-refractivity contribution in [3.63, 3.8) is 0 Å². The second-order valence-electron chi connectivity index (χ2n) is 9.34. The van der Waals surface area contributed by atoms with E-state index < -0.39 is 11.9 Å². The molecule has 0 fully saturated rings. The topological polar surface area (TPSA) is 44.8 Å². The van der Waals surface area contributed by atoms with E-state index in [1.54, 1.807) is 0 Å². The quantitative estimate of drug-likeness (QED) is 0.212. The summed E-state index contributed by atoms with van der Waals surface area (Å²) < 4.78 is 19.0. The van der Waals surface area contributed by atoms with Crippen molar-refractivity contribution in [2.24, 2.45) is 0 Å². The first kappa shape index (κ1) is 22.4. The molecule has 6 rings (SSSR count). The predicted molar refractivity (Wildman–Crippen MR) is 141 cm³/mol. The number of hydrogen-bond acceptors (Lipinski definition) is 4. The Kier molecular flexibility index (Phi) is 5.73. The first-order chi connectivity index (χ1) is 17.7.